The van der Waals surface area contributed by atoms with Crippen molar-refractivity contribution in [3.8, 4) is 5.75 Å². The van der Waals surface area contributed by atoms with E-state index in [4.69, 9.17) is 21.4 Å². The Morgan fingerprint density at radius 3 is 2.73 bits per heavy atom. The first-order valence-corrected chi connectivity index (χ1v) is 7.13. The van der Waals surface area contributed by atoms with E-state index in [2.05, 4.69) is 10.6 Å². The summed E-state index contributed by atoms with van der Waals surface area (Å²) in [6, 6.07) is 5.63. The van der Waals surface area contributed by atoms with Gasteiger partial charge in [0.15, 0.2) is 0 Å². The third-order valence-corrected chi connectivity index (χ3v) is 3.84. The van der Waals surface area contributed by atoms with Crippen LogP contribution in [0, 0.1) is 10.1 Å². The molecule has 1 fully saturated rings. The number of nitro groups is 1. The Labute approximate surface area is 131 Å². The molecular formula is C13H16ClN3O5. The van der Waals surface area contributed by atoms with Crippen molar-refractivity contribution < 1.29 is 19.6 Å². The van der Waals surface area contributed by atoms with Gasteiger partial charge in [0.2, 0.25) is 6.04 Å². The van der Waals surface area contributed by atoms with Gasteiger partial charge in [0, 0.05) is 16.7 Å². The molecule has 8 nitrogen and oxygen atoms in total. The topological polar surface area (TPSA) is 114 Å². The summed E-state index contributed by atoms with van der Waals surface area (Å²) < 4.78 is 5.58. The van der Waals surface area contributed by atoms with E-state index in [-0.39, 0.29) is 17.5 Å². The van der Waals surface area contributed by atoms with Crippen molar-refractivity contribution in [1.82, 2.24) is 5.32 Å². The van der Waals surface area contributed by atoms with Crippen molar-refractivity contribution in [3.63, 3.8) is 0 Å². The molecule has 3 unspecified atom stereocenters. The highest BCUT2D eigenvalue weighted by Crippen LogP contribution is 2.20. The SMILES string of the molecule is O=C(O)Nc1ccc(OCC2CC(Cl)C([N+](=O)[O-])CN2)cc1. The predicted molar refractivity (Wildman–Crippen MR) is 80.4 cm³/mol. The fraction of sp³-hybridized carbons (Fsp3) is 0.462. The minimum atomic E-state index is -1.13. The number of nitrogens with zero attached hydrogens (tertiary/aromatic N) is 1. The summed E-state index contributed by atoms with van der Waals surface area (Å²) in [6.07, 6.45) is -0.681. The fourth-order valence-corrected chi connectivity index (χ4v) is 2.61. The van der Waals surface area contributed by atoms with Crippen molar-refractivity contribution in [2.75, 3.05) is 18.5 Å². The van der Waals surface area contributed by atoms with Crippen molar-refractivity contribution in [3.05, 3.63) is 34.4 Å². The number of nitrogens with one attached hydrogen (secondary N) is 2. The second-order valence-electron chi connectivity index (χ2n) is 4.98. The maximum atomic E-state index is 10.8. The van der Waals surface area contributed by atoms with Gasteiger partial charge in [0.25, 0.3) is 0 Å². The number of alkyl halides is 1. The first kappa shape index (κ1) is 16.3. The number of rotatable bonds is 5. The molecule has 1 aromatic carbocycles. The summed E-state index contributed by atoms with van der Waals surface area (Å²) in [5.74, 6) is 0.584. The van der Waals surface area contributed by atoms with Crippen LogP contribution in [0.4, 0.5) is 10.5 Å². The van der Waals surface area contributed by atoms with Crippen LogP contribution in [0.25, 0.3) is 0 Å². The van der Waals surface area contributed by atoms with Gasteiger partial charge in [-0.2, -0.15) is 0 Å². The smallest absolute Gasteiger partial charge is 0.409 e. The zero-order valence-corrected chi connectivity index (χ0v) is 12.3. The highest BCUT2D eigenvalue weighted by Gasteiger charge is 2.36. The lowest BCUT2D eigenvalue weighted by atomic mass is 10.0. The number of carbonyl (C=O) groups is 1. The Morgan fingerprint density at radius 1 is 1.50 bits per heavy atom. The minimum absolute atomic E-state index is 0.0597. The van der Waals surface area contributed by atoms with Gasteiger partial charge in [-0.3, -0.25) is 15.4 Å². The van der Waals surface area contributed by atoms with E-state index in [0.717, 1.165) is 0 Å². The Kier molecular flexibility index (Phi) is 5.40. The highest BCUT2D eigenvalue weighted by molar-refractivity contribution is 6.21. The van der Waals surface area contributed by atoms with Crippen molar-refractivity contribution >= 4 is 23.4 Å². The largest absolute Gasteiger partial charge is 0.492 e. The van der Waals surface area contributed by atoms with Crippen LogP contribution in [0.5, 0.6) is 5.75 Å². The average molecular weight is 330 g/mol. The molecule has 2 rings (SSSR count). The number of piperidine rings is 1. The minimum Gasteiger partial charge on any atom is -0.492 e. The second-order valence-corrected chi connectivity index (χ2v) is 5.54. The zero-order chi connectivity index (χ0) is 16.1. The first-order chi connectivity index (χ1) is 10.5. The molecule has 1 aromatic rings. The third-order valence-electron chi connectivity index (χ3n) is 3.37. The van der Waals surface area contributed by atoms with Crippen LogP contribution in [0.15, 0.2) is 24.3 Å². The van der Waals surface area contributed by atoms with E-state index in [9.17, 15) is 14.9 Å². The lowest BCUT2D eigenvalue weighted by Crippen LogP contribution is -2.52. The monoisotopic (exact) mass is 329 g/mol. The maximum absolute atomic E-state index is 10.8. The number of anilines is 1. The quantitative estimate of drug-likeness (QED) is 0.431. The molecule has 22 heavy (non-hydrogen) atoms. The molecule has 1 saturated heterocycles. The molecule has 1 aliphatic rings. The van der Waals surface area contributed by atoms with E-state index in [1.807, 2.05) is 0 Å². The van der Waals surface area contributed by atoms with Gasteiger partial charge in [-0.05, 0) is 30.7 Å². The molecular weight excluding hydrogens is 314 g/mol. The Morgan fingerprint density at radius 2 is 2.18 bits per heavy atom. The van der Waals surface area contributed by atoms with E-state index in [0.29, 0.717) is 24.5 Å². The fourth-order valence-electron chi connectivity index (χ4n) is 2.22. The van der Waals surface area contributed by atoms with Gasteiger partial charge in [-0.25, -0.2) is 4.79 Å². The summed E-state index contributed by atoms with van der Waals surface area (Å²) >= 11 is 6.02. The van der Waals surface area contributed by atoms with E-state index in [1.54, 1.807) is 24.3 Å². The normalized spacial score (nSPS) is 24.5. The van der Waals surface area contributed by atoms with Crippen LogP contribution in [0.3, 0.4) is 0 Å². The summed E-state index contributed by atoms with van der Waals surface area (Å²) in [4.78, 5) is 20.9. The lowest BCUT2D eigenvalue weighted by molar-refractivity contribution is -0.522. The standard InChI is InChI=1S/C13H16ClN3O5/c14-11-5-9(15-6-12(11)17(20)21)7-22-10-3-1-8(2-4-10)16-13(18)19/h1-4,9,11-12,15-16H,5-7H2,(H,18,19). The summed E-state index contributed by atoms with van der Waals surface area (Å²) in [7, 11) is 0. The number of halogens is 1. The molecule has 0 saturated carbocycles. The maximum Gasteiger partial charge on any atom is 0.409 e. The van der Waals surface area contributed by atoms with E-state index < -0.39 is 17.5 Å². The van der Waals surface area contributed by atoms with Crippen LogP contribution in [0.1, 0.15) is 6.42 Å². The zero-order valence-electron chi connectivity index (χ0n) is 11.6. The molecule has 3 atom stereocenters. The molecule has 1 heterocycles. The molecule has 1 aliphatic heterocycles. The van der Waals surface area contributed by atoms with Gasteiger partial charge in [0.1, 0.15) is 17.7 Å². The van der Waals surface area contributed by atoms with Gasteiger partial charge < -0.3 is 15.2 Å². The molecule has 3 N–H and O–H groups in total. The number of benzene rings is 1. The lowest BCUT2D eigenvalue weighted by Gasteiger charge is -2.29. The summed E-state index contributed by atoms with van der Waals surface area (Å²) in [5, 5.41) is 24.1. The molecule has 0 bridgehead atoms. The predicted octanol–water partition coefficient (Wildman–Crippen LogP) is 1.77. The van der Waals surface area contributed by atoms with Crippen LogP contribution >= 0.6 is 11.6 Å². The van der Waals surface area contributed by atoms with Gasteiger partial charge in [-0.15, -0.1) is 11.6 Å². The van der Waals surface area contributed by atoms with E-state index >= 15 is 0 Å². The number of hydrogen-bond acceptors (Lipinski definition) is 5. The molecule has 0 aromatic heterocycles. The number of ether oxygens (including phenoxy) is 1. The second kappa shape index (κ2) is 7.28. The molecule has 0 spiro atoms. The molecule has 0 aliphatic carbocycles. The molecule has 120 valence electrons. The van der Waals surface area contributed by atoms with Crippen molar-refractivity contribution in [1.29, 1.82) is 0 Å². The third kappa shape index (κ3) is 4.47. The Hall–Kier alpha value is -2.06. The van der Waals surface area contributed by atoms with Crippen molar-refractivity contribution in [2.24, 2.45) is 0 Å². The van der Waals surface area contributed by atoms with Crippen LogP contribution in [-0.4, -0.2) is 46.7 Å². The van der Waals surface area contributed by atoms with Gasteiger partial charge >= 0.3 is 6.09 Å². The van der Waals surface area contributed by atoms with Gasteiger partial charge in [0.05, 0.1) is 6.54 Å². The Balaban J connectivity index is 1.81. The summed E-state index contributed by atoms with van der Waals surface area (Å²) in [6.45, 7) is 0.552. The van der Waals surface area contributed by atoms with Crippen LogP contribution in [-0.2, 0) is 0 Å². The number of carboxylic acid groups (broad SMARTS) is 1. The van der Waals surface area contributed by atoms with Crippen molar-refractivity contribution in [2.45, 2.75) is 23.9 Å². The van der Waals surface area contributed by atoms with Crippen LogP contribution < -0.4 is 15.4 Å². The molecule has 0 radical (unpaired) electrons. The van der Waals surface area contributed by atoms with Crippen LogP contribution in [0.2, 0.25) is 0 Å². The average Bonchev–Trinajstić information content (AvgIpc) is 2.45. The summed E-state index contributed by atoms with van der Waals surface area (Å²) in [5.41, 5.74) is 0.449. The molecule has 1 amide bonds. The highest BCUT2D eigenvalue weighted by atomic mass is 35.5. The Bertz CT molecular complexity index is 539. The van der Waals surface area contributed by atoms with Gasteiger partial charge in [-0.1, -0.05) is 0 Å². The van der Waals surface area contributed by atoms with E-state index in [1.165, 1.54) is 0 Å². The number of hydrogen-bond donors (Lipinski definition) is 3. The number of amides is 1. The first-order valence-electron chi connectivity index (χ1n) is 6.69. The molecule has 9 heteroatoms.